The molecule has 0 bridgehead atoms. The molecule has 5 nitrogen and oxygen atoms in total. The first-order valence-electron chi connectivity index (χ1n) is 7.39. The molecule has 1 aliphatic rings. The van der Waals surface area contributed by atoms with E-state index in [0.717, 1.165) is 23.4 Å². The zero-order chi connectivity index (χ0) is 17.2. The highest BCUT2D eigenvalue weighted by molar-refractivity contribution is 7.92. The molecule has 0 saturated carbocycles. The van der Waals surface area contributed by atoms with Crippen LogP contribution < -0.4 is 4.31 Å². The van der Waals surface area contributed by atoms with E-state index in [9.17, 15) is 13.2 Å². The van der Waals surface area contributed by atoms with Crippen molar-refractivity contribution >= 4 is 44.8 Å². The monoisotopic (exact) mass is 378 g/mol. The molecule has 0 spiro atoms. The number of carbonyl (C=O) groups excluding carboxylic acids is 1. The molecule has 0 unspecified atom stereocenters. The first kappa shape index (κ1) is 18.4. The van der Waals surface area contributed by atoms with E-state index in [0.29, 0.717) is 24.0 Å². The van der Waals surface area contributed by atoms with Gasteiger partial charge in [-0.05, 0) is 37.0 Å². The zero-order valence-corrected chi connectivity index (χ0v) is 15.5. The number of carbonyl (C=O) groups is 1. The number of amides is 1. The molecule has 128 valence electrons. The van der Waals surface area contributed by atoms with Crippen molar-refractivity contribution in [2.24, 2.45) is 5.92 Å². The van der Waals surface area contributed by atoms with Crippen LogP contribution in [0.1, 0.15) is 19.8 Å². The van der Waals surface area contributed by atoms with E-state index in [1.54, 1.807) is 11.0 Å². The Bertz CT molecular complexity index is 694. The Morgan fingerprint density at radius 1 is 1.39 bits per heavy atom. The summed E-state index contributed by atoms with van der Waals surface area (Å²) < 4.78 is 25.3. The number of benzene rings is 1. The number of hydrogen-bond acceptors (Lipinski definition) is 3. The van der Waals surface area contributed by atoms with Crippen molar-refractivity contribution in [2.45, 2.75) is 19.8 Å². The number of nitrogens with zero attached hydrogens (tertiary/aromatic N) is 2. The maximum absolute atomic E-state index is 12.5. The molecule has 1 aliphatic heterocycles. The van der Waals surface area contributed by atoms with Crippen LogP contribution in [0.4, 0.5) is 5.69 Å². The van der Waals surface area contributed by atoms with E-state index < -0.39 is 10.0 Å². The summed E-state index contributed by atoms with van der Waals surface area (Å²) >= 11 is 12.0. The number of rotatable bonds is 4. The van der Waals surface area contributed by atoms with Crippen LogP contribution in [-0.4, -0.2) is 45.1 Å². The number of anilines is 1. The SMILES string of the molecule is C[C@H]1CCCN(C(=O)CN(c2cc(Cl)ccc2Cl)S(C)(=O)=O)C1. The minimum atomic E-state index is -3.66. The second-order valence-electron chi connectivity index (χ2n) is 5.95. The third kappa shape index (κ3) is 4.75. The van der Waals surface area contributed by atoms with Crippen molar-refractivity contribution < 1.29 is 13.2 Å². The highest BCUT2D eigenvalue weighted by Crippen LogP contribution is 2.30. The van der Waals surface area contributed by atoms with Gasteiger partial charge in [0.1, 0.15) is 6.54 Å². The van der Waals surface area contributed by atoms with Gasteiger partial charge in [-0.25, -0.2) is 8.42 Å². The second kappa shape index (κ2) is 7.28. The lowest BCUT2D eigenvalue weighted by Crippen LogP contribution is -2.46. The summed E-state index contributed by atoms with van der Waals surface area (Å²) in [5, 5.41) is 0.594. The third-order valence-electron chi connectivity index (χ3n) is 3.87. The number of hydrogen-bond donors (Lipinski definition) is 0. The van der Waals surface area contributed by atoms with Gasteiger partial charge in [-0.1, -0.05) is 30.1 Å². The van der Waals surface area contributed by atoms with Gasteiger partial charge < -0.3 is 4.90 Å². The van der Waals surface area contributed by atoms with E-state index in [-0.39, 0.29) is 23.2 Å². The van der Waals surface area contributed by atoms with Gasteiger partial charge in [0, 0.05) is 18.1 Å². The minimum absolute atomic E-state index is 0.222. The number of likely N-dealkylation sites (tertiary alicyclic amines) is 1. The molecule has 1 saturated heterocycles. The summed E-state index contributed by atoms with van der Waals surface area (Å²) in [6.45, 7) is 3.12. The number of halogens is 2. The number of sulfonamides is 1. The molecule has 1 fully saturated rings. The van der Waals surface area contributed by atoms with Crippen molar-refractivity contribution in [3.8, 4) is 0 Å². The van der Waals surface area contributed by atoms with Crippen molar-refractivity contribution in [2.75, 3.05) is 30.2 Å². The van der Waals surface area contributed by atoms with Crippen LogP contribution in [0.5, 0.6) is 0 Å². The fourth-order valence-corrected chi connectivity index (χ4v) is 3.99. The van der Waals surface area contributed by atoms with Crippen LogP contribution in [-0.2, 0) is 14.8 Å². The molecular weight excluding hydrogens is 359 g/mol. The maximum Gasteiger partial charge on any atom is 0.243 e. The van der Waals surface area contributed by atoms with E-state index in [4.69, 9.17) is 23.2 Å². The van der Waals surface area contributed by atoms with Crippen LogP contribution in [0.15, 0.2) is 18.2 Å². The molecule has 0 radical (unpaired) electrons. The van der Waals surface area contributed by atoms with Gasteiger partial charge in [-0.3, -0.25) is 9.10 Å². The Labute approximate surface area is 147 Å². The Hall–Kier alpha value is -0.980. The van der Waals surface area contributed by atoms with Gasteiger partial charge in [0.2, 0.25) is 15.9 Å². The lowest BCUT2D eigenvalue weighted by Gasteiger charge is -2.33. The molecule has 1 heterocycles. The predicted octanol–water partition coefficient (Wildman–Crippen LogP) is 3.02. The Kier molecular flexibility index (Phi) is 5.81. The van der Waals surface area contributed by atoms with Crippen molar-refractivity contribution in [3.63, 3.8) is 0 Å². The number of piperidine rings is 1. The molecular formula is C15H20Cl2N2O3S. The highest BCUT2D eigenvalue weighted by atomic mass is 35.5. The van der Waals surface area contributed by atoms with Crippen LogP contribution in [0.25, 0.3) is 0 Å². The maximum atomic E-state index is 12.5. The van der Waals surface area contributed by atoms with Gasteiger partial charge in [0.25, 0.3) is 0 Å². The van der Waals surface area contributed by atoms with E-state index in [1.807, 2.05) is 0 Å². The van der Waals surface area contributed by atoms with Crippen molar-refractivity contribution in [3.05, 3.63) is 28.2 Å². The first-order chi connectivity index (χ1) is 10.7. The molecule has 0 aromatic heterocycles. The lowest BCUT2D eigenvalue weighted by molar-refractivity contribution is -0.131. The van der Waals surface area contributed by atoms with Gasteiger partial charge in [-0.2, -0.15) is 0 Å². The van der Waals surface area contributed by atoms with E-state index in [2.05, 4.69) is 6.92 Å². The van der Waals surface area contributed by atoms with Crippen LogP contribution >= 0.6 is 23.2 Å². The van der Waals surface area contributed by atoms with Crippen molar-refractivity contribution in [1.29, 1.82) is 0 Å². The Morgan fingerprint density at radius 2 is 2.09 bits per heavy atom. The van der Waals surface area contributed by atoms with Gasteiger partial charge >= 0.3 is 0 Å². The van der Waals surface area contributed by atoms with Gasteiger partial charge in [0.15, 0.2) is 0 Å². The third-order valence-corrected chi connectivity index (χ3v) is 5.55. The fraction of sp³-hybridized carbons (Fsp3) is 0.533. The Balaban J connectivity index is 2.26. The topological polar surface area (TPSA) is 57.7 Å². The quantitative estimate of drug-likeness (QED) is 0.808. The van der Waals surface area contributed by atoms with Crippen LogP contribution in [0, 0.1) is 5.92 Å². The summed E-state index contributed by atoms with van der Waals surface area (Å²) in [5.41, 5.74) is 0.222. The van der Waals surface area contributed by atoms with Gasteiger partial charge in [0.05, 0.1) is 17.0 Å². The molecule has 8 heteroatoms. The molecule has 1 aromatic rings. The Morgan fingerprint density at radius 3 is 2.70 bits per heavy atom. The summed E-state index contributed by atoms with van der Waals surface area (Å²) in [7, 11) is -3.66. The summed E-state index contributed by atoms with van der Waals surface area (Å²) in [6, 6.07) is 4.55. The summed E-state index contributed by atoms with van der Waals surface area (Å²) in [5.74, 6) is 0.201. The second-order valence-corrected chi connectivity index (χ2v) is 8.70. The summed E-state index contributed by atoms with van der Waals surface area (Å²) in [4.78, 5) is 14.2. The van der Waals surface area contributed by atoms with Crippen molar-refractivity contribution in [1.82, 2.24) is 4.90 Å². The largest absolute Gasteiger partial charge is 0.341 e. The molecule has 0 N–H and O–H groups in total. The fourth-order valence-electron chi connectivity index (χ4n) is 2.70. The zero-order valence-electron chi connectivity index (χ0n) is 13.1. The smallest absolute Gasteiger partial charge is 0.243 e. The average Bonchev–Trinajstić information content (AvgIpc) is 2.46. The molecule has 2 rings (SSSR count). The summed E-state index contributed by atoms with van der Waals surface area (Å²) in [6.07, 6.45) is 3.07. The molecule has 1 aromatic carbocycles. The van der Waals surface area contributed by atoms with E-state index in [1.165, 1.54) is 12.1 Å². The molecule has 0 aliphatic carbocycles. The first-order valence-corrected chi connectivity index (χ1v) is 9.99. The molecule has 1 amide bonds. The molecule has 1 atom stereocenters. The van der Waals surface area contributed by atoms with Crippen LogP contribution in [0.3, 0.4) is 0 Å². The minimum Gasteiger partial charge on any atom is -0.341 e. The average molecular weight is 379 g/mol. The lowest BCUT2D eigenvalue weighted by atomic mass is 10.0. The standard InChI is InChI=1S/C15H20Cl2N2O3S/c1-11-4-3-7-18(9-11)15(20)10-19(23(2,21)22)14-8-12(16)5-6-13(14)17/h5-6,8,11H,3-4,7,9-10H2,1-2H3/t11-/m0/s1. The molecule has 23 heavy (non-hydrogen) atoms. The van der Waals surface area contributed by atoms with Crippen LogP contribution in [0.2, 0.25) is 10.0 Å². The predicted molar refractivity (Wildman–Crippen MR) is 93.6 cm³/mol. The highest BCUT2D eigenvalue weighted by Gasteiger charge is 2.27. The van der Waals surface area contributed by atoms with Gasteiger partial charge in [-0.15, -0.1) is 0 Å². The normalized spacial score (nSPS) is 18.8. The van der Waals surface area contributed by atoms with E-state index >= 15 is 0 Å².